The Morgan fingerprint density at radius 3 is 2.12 bits per heavy atom. The van der Waals surface area contributed by atoms with Crippen molar-refractivity contribution in [1.29, 1.82) is 0 Å². The fraction of sp³-hybridized carbons (Fsp3) is 0.414. The average molecular weight is 431 g/mol. The zero-order valence-corrected chi connectivity index (χ0v) is 20.6. The van der Waals surface area contributed by atoms with Crippen molar-refractivity contribution in [3.8, 4) is 17.0 Å². The number of rotatable bonds is 10. The van der Waals surface area contributed by atoms with E-state index in [0.29, 0.717) is 6.04 Å². The molecule has 1 aromatic heterocycles. The maximum atomic E-state index is 5.96. The number of hydrogen-bond donors (Lipinski definition) is 0. The molecule has 0 aliphatic rings. The SMILES string of the molecule is CCCC(c1ccccc1)N(C)Cc1cnc(-c2c(CC)cccc2CC)c(C)c1OC. The summed E-state index contributed by atoms with van der Waals surface area (Å²) < 4.78 is 5.96. The standard InChI is InChI=1S/C29H38N2O/c1-7-14-26(24-15-11-10-12-16-24)31(5)20-25-19-30-28(21(4)29(25)32-6)27-22(8-2)17-13-18-23(27)9-3/h10-13,15-19,26H,7-9,14,20H2,1-6H3. The Morgan fingerprint density at radius 2 is 1.56 bits per heavy atom. The maximum absolute atomic E-state index is 5.96. The Hall–Kier alpha value is -2.65. The molecule has 0 spiro atoms. The summed E-state index contributed by atoms with van der Waals surface area (Å²) in [7, 11) is 3.99. The van der Waals surface area contributed by atoms with Gasteiger partial charge in [0.25, 0.3) is 0 Å². The second-order valence-corrected chi connectivity index (χ2v) is 8.58. The summed E-state index contributed by atoms with van der Waals surface area (Å²) in [6, 6.07) is 17.8. The number of ether oxygens (including phenoxy) is 1. The molecule has 1 unspecified atom stereocenters. The lowest BCUT2D eigenvalue weighted by atomic mass is 9.92. The highest BCUT2D eigenvalue weighted by Gasteiger charge is 2.21. The van der Waals surface area contributed by atoms with Crippen LogP contribution in [-0.4, -0.2) is 24.0 Å². The summed E-state index contributed by atoms with van der Waals surface area (Å²) in [5.41, 5.74) is 8.65. The fourth-order valence-electron chi connectivity index (χ4n) is 4.81. The van der Waals surface area contributed by atoms with Gasteiger partial charge in [-0.05, 0) is 49.9 Å². The van der Waals surface area contributed by atoms with Crippen molar-refractivity contribution in [1.82, 2.24) is 9.88 Å². The second kappa shape index (κ2) is 11.3. The topological polar surface area (TPSA) is 25.4 Å². The first-order chi connectivity index (χ1) is 15.5. The molecular weight excluding hydrogens is 392 g/mol. The molecular formula is C29H38N2O. The molecule has 0 saturated heterocycles. The molecule has 1 heterocycles. The van der Waals surface area contributed by atoms with E-state index in [1.807, 2.05) is 6.20 Å². The molecule has 0 aliphatic carbocycles. The Bertz CT molecular complexity index is 991. The van der Waals surface area contributed by atoms with Crippen LogP contribution < -0.4 is 4.74 Å². The number of pyridine rings is 1. The van der Waals surface area contributed by atoms with E-state index in [1.165, 1.54) is 22.3 Å². The Morgan fingerprint density at radius 1 is 0.906 bits per heavy atom. The minimum Gasteiger partial charge on any atom is -0.496 e. The summed E-state index contributed by atoms with van der Waals surface area (Å²) in [5.74, 6) is 0.957. The van der Waals surface area contributed by atoms with Crippen LogP contribution in [0.3, 0.4) is 0 Å². The number of benzene rings is 2. The number of aromatic nitrogens is 1. The van der Waals surface area contributed by atoms with E-state index in [0.717, 1.165) is 54.8 Å². The number of nitrogens with zero attached hydrogens (tertiary/aromatic N) is 2. The first-order valence-corrected chi connectivity index (χ1v) is 11.9. The Balaban J connectivity index is 1.99. The van der Waals surface area contributed by atoms with E-state index in [2.05, 4.69) is 88.2 Å². The van der Waals surface area contributed by atoms with Gasteiger partial charge in [-0.15, -0.1) is 0 Å². The van der Waals surface area contributed by atoms with Gasteiger partial charge in [-0.2, -0.15) is 0 Å². The second-order valence-electron chi connectivity index (χ2n) is 8.58. The van der Waals surface area contributed by atoms with E-state index >= 15 is 0 Å². The molecule has 0 amide bonds. The number of hydrogen-bond acceptors (Lipinski definition) is 3. The molecule has 3 nitrogen and oxygen atoms in total. The first-order valence-electron chi connectivity index (χ1n) is 11.9. The Kier molecular flexibility index (Phi) is 8.46. The molecule has 3 heteroatoms. The van der Waals surface area contributed by atoms with Crippen LogP contribution in [0.2, 0.25) is 0 Å². The largest absolute Gasteiger partial charge is 0.496 e. The maximum Gasteiger partial charge on any atom is 0.129 e. The summed E-state index contributed by atoms with van der Waals surface area (Å²) >= 11 is 0. The third-order valence-corrected chi connectivity index (χ3v) is 6.47. The van der Waals surface area contributed by atoms with Crippen LogP contribution in [-0.2, 0) is 19.4 Å². The van der Waals surface area contributed by atoms with Crippen molar-refractivity contribution in [2.45, 2.75) is 66.0 Å². The monoisotopic (exact) mass is 430 g/mol. The Labute approximate surface area is 194 Å². The van der Waals surface area contributed by atoms with Crippen molar-refractivity contribution >= 4 is 0 Å². The van der Waals surface area contributed by atoms with E-state index in [1.54, 1.807) is 7.11 Å². The highest BCUT2D eigenvalue weighted by Crippen LogP contribution is 2.36. The minimum atomic E-state index is 0.374. The van der Waals surface area contributed by atoms with Crippen molar-refractivity contribution in [2.24, 2.45) is 0 Å². The lowest BCUT2D eigenvalue weighted by molar-refractivity contribution is 0.220. The molecule has 0 radical (unpaired) electrons. The van der Waals surface area contributed by atoms with Crippen molar-refractivity contribution in [3.63, 3.8) is 0 Å². The highest BCUT2D eigenvalue weighted by molar-refractivity contribution is 5.73. The van der Waals surface area contributed by atoms with Gasteiger partial charge < -0.3 is 4.74 Å². The summed E-state index contributed by atoms with van der Waals surface area (Å²) in [6.45, 7) is 9.63. The summed E-state index contributed by atoms with van der Waals surface area (Å²) in [5, 5.41) is 0. The summed E-state index contributed by atoms with van der Waals surface area (Å²) in [6.07, 6.45) is 6.28. The first kappa shape index (κ1) is 24.0. The lowest BCUT2D eigenvalue weighted by Gasteiger charge is -2.29. The number of methoxy groups -OCH3 is 1. The van der Waals surface area contributed by atoms with E-state index < -0.39 is 0 Å². The fourth-order valence-corrected chi connectivity index (χ4v) is 4.81. The van der Waals surface area contributed by atoms with Crippen LogP contribution in [0.5, 0.6) is 5.75 Å². The summed E-state index contributed by atoms with van der Waals surface area (Å²) in [4.78, 5) is 7.42. The molecule has 170 valence electrons. The predicted molar refractivity (Wildman–Crippen MR) is 135 cm³/mol. The molecule has 0 fully saturated rings. The third kappa shape index (κ3) is 5.05. The molecule has 0 N–H and O–H groups in total. The van der Waals surface area contributed by atoms with Gasteiger partial charge in [0.1, 0.15) is 5.75 Å². The molecule has 3 aromatic rings. The molecule has 0 saturated carbocycles. The van der Waals surface area contributed by atoms with E-state index in [4.69, 9.17) is 9.72 Å². The molecule has 2 aromatic carbocycles. The highest BCUT2D eigenvalue weighted by atomic mass is 16.5. The van der Waals surface area contributed by atoms with Gasteiger partial charge in [0.2, 0.25) is 0 Å². The van der Waals surface area contributed by atoms with Gasteiger partial charge in [0, 0.05) is 35.5 Å². The molecule has 1 atom stereocenters. The molecule has 0 bridgehead atoms. The van der Waals surface area contributed by atoms with Gasteiger partial charge in [0.15, 0.2) is 0 Å². The van der Waals surface area contributed by atoms with Crippen molar-refractivity contribution in [2.75, 3.05) is 14.2 Å². The van der Waals surface area contributed by atoms with E-state index in [9.17, 15) is 0 Å². The smallest absolute Gasteiger partial charge is 0.129 e. The average Bonchev–Trinajstić information content (AvgIpc) is 2.83. The zero-order valence-electron chi connectivity index (χ0n) is 20.6. The molecule has 3 rings (SSSR count). The number of aryl methyl sites for hydroxylation is 2. The third-order valence-electron chi connectivity index (χ3n) is 6.47. The van der Waals surface area contributed by atoms with Crippen LogP contribution in [0, 0.1) is 6.92 Å². The van der Waals surface area contributed by atoms with Crippen LogP contribution in [0.4, 0.5) is 0 Å². The van der Waals surface area contributed by atoms with Crippen LogP contribution in [0.25, 0.3) is 11.3 Å². The quantitative estimate of drug-likeness (QED) is 0.341. The normalized spacial score (nSPS) is 12.2. The van der Waals surface area contributed by atoms with Gasteiger partial charge in [0.05, 0.1) is 12.8 Å². The van der Waals surface area contributed by atoms with Crippen molar-refractivity contribution in [3.05, 3.63) is 82.5 Å². The van der Waals surface area contributed by atoms with Gasteiger partial charge in [-0.3, -0.25) is 9.88 Å². The van der Waals surface area contributed by atoms with Crippen LogP contribution in [0.15, 0.2) is 54.7 Å². The molecule has 0 aliphatic heterocycles. The van der Waals surface area contributed by atoms with Crippen LogP contribution >= 0.6 is 0 Å². The van der Waals surface area contributed by atoms with E-state index in [-0.39, 0.29) is 0 Å². The van der Waals surface area contributed by atoms with Gasteiger partial charge in [-0.25, -0.2) is 0 Å². The lowest BCUT2D eigenvalue weighted by Crippen LogP contribution is -2.24. The minimum absolute atomic E-state index is 0.374. The zero-order chi connectivity index (χ0) is 23.1. The van der Waals surface area contributed by atoms with Gasteiger partial charge >= 0.3 is 0 Å². The predicted octanol–water partition coefficient (Wildman–Crippen LogP) is 7.16. The molecule has 32 heavy (non-hydrogen) atoms. The van der Waals surface area contributed by atoms with Crippen LogP contribution in [0.1, 0.15) is 67.5 Å². The van der Waals surface area contributed by atoms with Crippen molar-refractivity contribution < 1.29 is 4.74 Å². The van der Waals surface area contributed by atoms with Gasteiger partial charge in [-0.1, -0.05) is 75.7 Å².